The van der Waals surface area contributed by atoms with Gasteiger partial charge < -0.3 is 0 Å². The molecule has 10 heteroatoms. The van der Waals surface area contributed by atoms with Gasteiger partial charge in [-0.3, -0.25) is 10.1 Å². The number of hydrazine groups is 1. The van der Waals surface area contributed by atoms with Gasteiger partial charge in [0.1, 0.15) is 11.4 Å². The second-order valence-corrected chi connectivity index (χ2v) is 6.00. The Hall–Kier alpha value is -1.35. The van der Waals surface area contributed by atoms with Crippen LogP contribution in [0.1, 0.15) is 0 Å². The number of hydrogen-bond acceptors (Lipinski definition) is 4. The van der Waals surface area contributed by atoms with E-state index >= 15 is 0 Å². The fraction of sp³-hybridized carbons (Fsp3) is 0.111. The molecule has 0 radical (unpaired) electrons. The number of halogens is 2. The molecule has 1 aromatic carbocycles. The van der Waals surface area contributed by atoms with Gasteiger partial charge in [0.05, 0.1) is 10.0 Å². The van der Waals surface area contributed by atoms with Gasteiger partial charge in [0.25, 0.3) is 10.0 Å². The molecular weight excluding hydrogens is 317 g/mol. The van der Waals surface area contributed by atoms with E-state index in [1.165, 1.54) is 18.2 Å². The summed E-state index contributed by atoms with van der Waals surface area (Å²) >= 11 is 11.5. The Balaban J connectivity index is 2.34. The van der Waals surface area contributed by atoms with Crippen LogP contribution in [0.15, 0.2) is 23.1 Å². The second kappa shape index (κ2) is 4.97. The normalized spacial score (nSPS) is 15.8. The number of hydrogen-bond donors (Lipinski definition) is 2. The van der Waals surface area contributed by atoms with Gasteiger partial charge in [-0.25, -0.2) is 18.2 Å². The molecule has 102 valence electrons. The molecule has 2 rings (SSSR count). The second-order valence-electron chi connectivity index (χ2n) is 3.58. The van der Waals surface area contributed by atoms with Crippen molar-refractivity contribution < 1.29 is 18.0 Å². The predicted octanol–water partition coefficient (Wildman–Crippen LogP) is 0.738. The molecule has 0 saturated carbocycles. The highest BCUT2D eigenvalue weighted by Gasteiger charge is 2.32. The van der Waals surface area contributed by atoms with E-state index in [4.69, 9.17) is 23.2 Å². The summed E-state index contributed by atoms with van der Waals surface area (Å²) in [7, 11) is -4.16. The number of amides is 3. The van der Waals surface area contributed by atoms with Gasteiger partial charge in [-0.2, -0.15) is 0 Å². The summed E-state index contributed by atoms with van der Waals surface area (Å²) in [4.78, 5) is 23.8. The molecule has 0 aliphatic carbocycles. The maximum absolute atomic E-state index is 12.1. The zero-order valence-electron chi connectivity index (χ0n) is 9.18. The number of benzene rings is 1. The molecule has 1 heterocycles. The quantitative estimate of drug-likeness (QED) is 0.802. The fourth-order valence-electron chi connectivity index (χ4n) is 1.45. The third-order valence-corrected chi connectivity index (χ3v) is 4.50. The van der Waals surface area contributed by atoms with Crippen molar-refractivity contribution in [3.05, 3.63) is 28.2 Å². The van der Waals surface area contributed by atoms with Crippen molar-refractivity contribution >= 4 is 45.2 Å². The maximum atomic E-state index is 12.1. The molecular formula is C9H7Cl2N3O4S. The number of carbonyl (C=O) groups is 2. The number of rotatable bonds is 3. The van der Waals surface area contributed by atoms with Crippen molar-refractivity contribution in [2.45, 2.75) is 4.90 Å². The molecule has 0 atom stereocenters. The third-order valence-electron chi connectivity index (χ3n) is 2.21. The number of nitrogens with zero attached hydrogens (tertiary/aromatic N) is 1. The Labute approximate surface area is 118 Å². The van der Waals surface area contributed by atoms with Gasteiger partial charge in [-0.1, -0.05) is 29.3 Å². The molecule has 0 bridgehead atoms. The Kier molecular flexibility index (Phi) is 3.68. The summed E-state index contributed by atoms with van der Waals surface area (Å²) in [5.74, 6) is -0.613. The van der Waals surface area contributed by atoms with Crippen LogP contribution in [0.5, 0.6) is 0 Å². The first kappa shape index (κ1) is 14.1. The van der Waals surface area contributed by atoms with Crippen molar-refractivity contribution in [1.82, 2.24) is 15.2 Å². The summed E-state index contributed by atoms with van der Waals surface area (Å²) in [5, 5.41) is 2.36. The minimum Gasteiger partial charge on any atom is -0.275 e. The Morgan fingerprint density at radius 1 is 1.21 bits per heavy atom. The van der Waals surface area contributed by atoms with Crippen LogP contribution < -0.4 is 10.1 Å². The van der Waals surface area contributed by atoms with Gasteiger partial charge in [0.15, 0.2) is 0 Å². The molecule has 2 N–H and O–H groups in total. The highest BCUT2D eigenvalue weighted by molar-refractivity contribution is 7.89. The first-order valence-electron chi connectivity index (χ1n) is 4.89. The first-order chi connectivity index (χ1) is 8.81. The smallest absolute Gasteiger partial charge is 0.275 e. The minimum atomic E-state index is -4.16. The van der Waals surface area contributed by atoms with Crippen LogP contribution in [0.3, 0.4) is 0 Å². The number of imide groups is 1. The summed E-state index contributed by atoms with van der Waals surface area (Å²) < 4.78 is 24.1. The lowest BCUT2D eigenvalue weighted by Gasteiger charge is -2.16. The monoisotopic (exact) mass is 323 g/mol. The maximum Gasteiger partial charge on any atom is 0.339 e. The van der Waals surface area contributed by atoms with Crippen molar-refractivity contribution in [2.24, 2.45) is 0 Å². The van der Waals surface area contributed by atoms with Crippen LogP contribution in [-0.2, 0) is 14.8 Å². The lowest BCUT2D eigenvalue weighted by Crippen LogP contribution is -2.44. The Morgan fingerprint density at radius 3 is 2.26 bits per heavy atom. The highest BCUT2D eigenvalue weighted by Crippen LogP contribution is 2.28. The molecule has 7 nitrogen and oxygen atoms in total. The molecule has 1 aliphatic rings. The lowest BCUT2D eigenvalue weighted by molar-refractivity contribution is -0.118. The van der Waals surface area contributed by atoms with Gasteiger partial charge in [0, 0.05) is 0 Å². The van der Waals surface area contributed by atoms with Gasteiger partial charge in [0.2, 0.25) is 5.91 Å². The van der Waals surface area contributed by atoms with Gasteiger partial charge in [-0.05, 0) is 12.1 Å². The number of nitrogens with one attached hydrogen (secondary N) is 2. The topological polar surface area (TPSA) is 95.6 Å². The summed E-state index contributed by atoms with van der Waals surface area (Å²) in [6.07, 6.45) is 0. The summed E-state index contributed by atoms with van der Waals surface area (Å²) in [6, 6.07) is 3.31. The largest absolute Gasteiger partial charge is 0.339 e. The van der Waals surface area contributed by atoms with Crippen LogP contribution in [0.2, 0.25) is 10.0 Å². The Bertz CT molecular complexity index is 641. The van der Waals surface area contributed by atoms with Crippen LogP contribution in [0.4, 0.5) is 4.79 Å². The average Bonchev–Trinajstić information content (AvgIpc) is 2.55. The zero-order valence-corrected chi connectivity index (χ0v) is 11.5. The molecule has 1 saturated heterocycles. The van der Waals surface area contributed by atoms with E-state index in [2.05, 4.69) is 0 Å². The van der Waals surface area contributed by atoms with Crippen molar-refractivity contribution in [3.8, 4) is 0 Å². The zero-order chi connectivity index (χ0) is 14.2. The van der Waals surface area contributed by atoms with E-state index < -0.39 is 28.5 Å². The Morgan fingerprint density at radius 2 is 1.79 bits per heavy atom. The molecule has 1 aromatic rings. The molecule has 1 aliphatic heterocycles. The van der Waals surface area contributed by atoms with E-state index in [-0.39, 0.29) is 14.9 Å². The molecule has 0 spiro atoms. The first-order valence-corrected chi connectivity index (χ1v) is 7.13. The minimum absolute atomic E-state index is 0.0917. The SMILES string of the molecule is O=C1CN(NS(=O)(=O)c2c(Cl)cccc2Cl)C(=O)N1. The van der Waals surface area contributed by atoms with E-state index in [9.17, 15) is 18.0 Å². The van der Waals surface area contributed by atoms with E-state index in [1.807, 2.05) is 10.1 Å². The van der Waals surface area contributed by atoms with Gasteiger partial charge in [-0.15, -0.1) is 4.83 Å². The molecule has 19 heavy (non-hydrogen) atoms. The number of carbonyl (C=O) groups excluding carboxylic acids is 2. The average molecular weight is 324 g/mol. The van der Waals surface area contributed by atoms with Crippen molar-refractivity contribution in [2.75, 3.05) is 6.54 Å². The van der Waals surface area contributed by atoms with Crippen LogP contribution >= 0.6 is 23.2 Å². The van der Waals surface area contributed by atoms with E-state index in [1.54, 1.807) is 0 Å². The number of urea groups is 1. The number of sulfonamides is 1. The van der Waals surface area contributed by atoms with Crippen molar-refractivity contribution in [3.63, 3.8) is 0 Å². The van der Waals surface area contributed by atoms with Crippen LogP contribution in [0, 0.1) is 0 Å². The molecule has 0 aromatic heterocycles. The lowest BCUT2D eigenvalue weighted by atomic mass is 10.4. The fourth-order valence-corrected chi connectivity index (χ4v) is 3.63. The van der Waals surface area contributed by atoms with E-state index in [0.717, 1.165) is 0 Å². The third kappa shape index (κ3) is 2.81. The molecule has 0 unspecified atom stereocenters. The highest BCUT2D eigenvalue weighted by atomic mass is 35.5. The molecule has 3 amide bonds. The van der Waals surface area contributed by atoms with Crippen LogP contribution in [-0.4, -0.2) is 31.9 Å². The van der Waals surface area contributed by atoms with Crippen molar-refractivity contribution in [1.29, 1.82) is 0 Å². The molecule has 1 fully saturated rings. The van der Waals surface area contributed by atoms with Gasteiger partial charge >= 0.3 is 6.03 Å². The van der Waals surface area contributed by atoms with E-state index in [0.29, 0.717) is 5.01 Å². The summed E-state index contributed by atoms with van der Waals surface area (Å²) in [5.41, 5.74) is 0. The predicted molar refractivity (Wildman–Crippen MR) is 67.0 cm³/mol. The standard InChI is InChI=1S/C9H7Cl2N3O4S/c10-5-2-1-3-6(11)8(5)19(17,18)13-14-4-7(15)12-9(14)16/h1-3,13H,4H2,(H,12,15,16). The summed E-state index contributed by atoms with van der Waals surface area (Å²) in [6.45, 7) is -0.417. The van der Waals surface area contributed by atoms with Crippen LogP contribution in [0.25, 0.3) is 0 Å².